The van der Waals surface area contributed by atoms with Crippen LogP contribution in [0.2, 0.25) is 0 Å². The molecule has 12 bridgehead atoms. The number of esters is 3. The topological polar surface area (TPSA) is 125 Å². The molecule has 12 saturated carbocycles. The standard InChI is InChI=1S/C28H42O4.C24H34O3.C2H4O2.6CH4/c1-6-28(4,13-27(2,3)25(29)31-5)26(30)32-20-11-16-10-17(20)24-19-12-18(23(16)24)21-14-7-8-15(9-14)22(19)21;1-24(23(25)27-18-4-2-3-7-26-18)11-14-9-17(24)22-16-10-15(21(14)22)19-12-5-6-13(8-12)20(16)19;1-2(3)4;;;;;;/h14-24H,6-13H2,1-5H3;12-22H,2-11H2,1H3;1H3,(H,3,4);6*1H4. The highest BCUT2D eigenvalue weighted by molar-refractivity contribution is 5.80. The monoisotopic (exact) mass is 969 g/mol. The molecule has 0 aromatic heterocycles. The Labute approximate surface area is 421 Å². The molecule has 13 fully saturated rings. The number of rotatable bonds is 8. The summed E-state index contributed by atoms with van der Waals surface area (Å²) in [6, 6.07) is 0. The number of carboxylic acids is 1. The highest BCUT2D eigenvalue weighted by atomic mass is 16.7. The van der Waals surface area contributed by atoms with Gasteiger partial charge in [0.1, 0.15) is 6.10 Å². The van der Waals surface area contributed by atoms with Gasteiger partial charge in [-0.1, -0.05) is 51.5 Å². The van der Waals surface area contributed by atoms with E-state index in [2.05, 4.69) is 6.92 Å². The number of carbonyl (C=O) groups excluding carboxylic acids is 3. The number of carboxylic acid groups (broad SMARTS) is 1. The van der Waals surface area contributed by atoms with Crippen LogP contribution < -0.4 is 0 Å². The molecular weight excluding hydrogens is 865 g/mol. The van der Waals surface area contributed by atoms with E-state index in [0.29, 0.717) is 24.7 Å². The molecule has 398 valence electrons. The molecule has 1 N–H and O–H groups in total. The van der Waals surface area contributed by atoms with Crippen LogP contribution in [0.3, 0.4) is 0 Å². The van der Waals surface area contributed by atoms with Gasteiger partial charge in [0.25, 0.3) is 5.97 Å². The smallest absolute Gasteiger partial charge is 0.314 e. The zero-order valence-electron chi connectivity index (χ0n) is 39.6. The third kappa shape index (κ3) is 8.68. The summed E-state index contributed by atoms with van der Waals surface area (Å²) < 4.78 is 23.0. The molecule has 0 aromatic rings. The molecule has 1 heterocycles. The van der Waals surface area contributed by atoms with Gasteiger partial charge >= 0.3 is 17.9 Å². The zero-order chi connectivity index (χ0) is 44.1. The fraction of sp³-hybridized carbons (Fsp3) is 0.933. The van der Waals surface area contributed by atoms with Crippen molar-refractivity contribution in [3.05, 3.63) is 0 Å². The third-order valence-electron chi connectivity index (χ3n) is 22.7. The number of fused-ring (bicyclic) bond motifs is 32. The highest BCUT2D eigenvalue weighted by Gasteiger charge is 2.75. The van der Waals surface area contributed by atoms with E-state index in [1.165, 1.54) is 64.9 Å². The Bertz CT molecular complexity index is 1830. The molecule has 13 aliphatic rings. The van der Waals surface area contributed by atoms with E-state index < -0.39 is 16.8 Å². The van der Waals surface area contributed by atoms with Gasteiger partial charge in [0.15, 0.2) is 0 Å². The minimum absolute atomic E-state index is 0. The lowest BCUT2D eigenvalue weighted by molar-refractivity contribution is -0.202. The second kappa shape index (κ2) is 20.6. The van der Waals surface area contributed by atoms with E-state index in [4.69, 9.17) is 28.8 Å². The van der Waals surface area contributed by atoms with Crippen LogP contribution in [0, 0.1) is 135 Å². The average molecular weight is 969 g/mol. The molecule has 9 heteroatoms. The Kier molecular flexibility index (Phi) is 17.3. The van der Waals surface area contributed by atoms with Gasteiger partial charge in [-0.05, 0) is 249 Å². The Morgan fingerprint density at radius 1 is 0.594 bits per heavy atom. The highest BCUT2D eigenvalue weighted by Crippen LogP contribution is 2.79. The van der Waals surface area contributed by atoms with E-state index in [1.54, 1.807) is 6.42 Å². The summed E-state index contributed by atoms with van der Waals surface area (Å²) in [5.41, 5.74) is -1.58. The molecule has 0 spiro atoms. The van der Waals surface area contributed by atoms with Crippen LogP contribution >= 0.6 is 0 Å². The maximum absolute atomic E-state index is 13.5. The summed E-state index contributed by atoms with van der Waals surface area (Å²) in [4.78, 5) is 48.0. The number of methoxy groups -OCH3 is 1. The summed E-state index contributed by atoms with van der Waals surface area (Å²) in [5, 5.41) is 7.42. The van der Waals surface area contributed by atoms with Crippen LogP contribution in [0.5, 0.6) is 0 Å². The van der Waals surface area contributed by atoms with Crippen molar-refractivity contribution in [2.24, 2.45) is 135 Å². The lowest BCUT2D eigenvalue weighted by Gasteiger charge is -2.49. The number of carbonyl (C=O) groups is 4. The normalized spacial score (nSPS) is 47.4. The van der Waals surface area contributed by atoms with Crippen molar-refractivity contribution < 1.29 is 43.2 Å². The van der Waals surface area contributed by atoms with E-state index in [1.807, 2.05) is 27.7 Å². The van der Waals surface area contributed by atoms with Crippen molar-refractivity contribution >= 4 is 23.9 Å². The molecular formula is C60H104O9. The van der Waals surface area contributed by atoms with Crippen LogP contribution in [-0.2, 0) is 38.1 Å². The maximum atomic E-state index is 13.5. The largest absolute Gasteiger partial charge is 0.481 e. The fourth-order valence-corrected chi connectivity index (χ4v) is 21.3. The van der Waals surface area contributed by atoms with Crippen molar-refractivity contribution in [3.8, 4) is 0 Å². The molecule has 1 aliphatic heterocycles. The van der Waals surface area contributed by atoms with Crippen molar-refractivity contribution in [1.29, 1.82) is 0 Å². The van der Waals surface area contributed by atoms with Gasteiger partial charge in [0.2, 0.25) is 6.29 Å². The summed E-state index contributed by atoms with van der Waals surface area (Å²) in [6.45, 7) is 11.9. The Morgan fingerprint density at radius 3 is 1.58 bits per heavy atom. The number of ether oxygens (including phenoxy) is 4. The van der Waals surface area contributed by atoms with Gasteiger partial charge in [0.05, 0.1) is 30.0 Å². The number of hydrogen-bond acceptors (Lipinski definition) is 8. The van der Waals surface area contributed by atoms with Gasteiger partial charge in [-0.2, -0.15) is 0 Å². The van der Waals surface area contributed by atoms with Crippen molar-refractivity contribution in [1.82, 2.24) is 0 Å². The first-order valence-corrected chi connectivity index (χ1v) is 26.4. The van der Waals surface area contributed by atoms with E-state index in [0.717, 1.165) is 152 Å². The predicted octanol–water partition coefficient (Wildman–Crippen LogP) is 14.0. The third-order valence-corrected chi connectivity index (χ3v) is 22.7. The Morgan fingerprint density at radius 2 is 1.09 bits per heavy atom. The minimum atomic E-state index is -0.833. The molecule has 1 saturated heterocycles. The SMILES string of the molecule is C.C.C.C.C.C.CC(=O)O.CC1(C(=O)OC2CCCCO2)CC2CC1C1C3CC(C4C5CCC(C5)C34)C21.CCC(C)(CC(C)(C)C(=O)OC)C(=O)OC1CC2CC1C1C3CC(C4C5CCC(C5)C34)C21. The summed E-state index contributed by atoms with van der Waals surface area (Å²) in [6.07, 6.45) is 21.0. The molecule has 0 radical (unpaired) electrons. The zero-order valence-corrected chi connectivity index (χ0v) is 39.6. The molecule has 24 atom stereocenters. The van der Waals surface area contributed by atoms with Gasteiger partial charge in [-0.25, -0.2) is 0 Å². The quantitative estimate of drug-likeness (QED) is 0.144. The van der Waals surface area contributed by atoms with E-state index >= 15 is 0 Å². The van der Waals surface area contributed by atoms with Crippen LogP contribution in [0.1, 0.15) is 195 Å². The first-order valence-electron chi connectivity index (χ1n) is 26.4. The number of hydrogen-bond donors (Lipinski definition) is 1. The first kappa shape index (κ1) is 57.7. The second-order valence-electron chi connectivity index (χ2n) is 25.7. The molecule has 24 unspecified atom stereocenters. The van der Waals surface area contributed by atoms with Gasteiger partial charge in [-0.3, -0.25) is 19.2 Å². The lowest BCUT2D eigenvalue weighted by atomic mass is 9.55. The van der Waals surface area contributed by atoms with Gasteiger partial charge in [-0.15, -0.1) is 0 Å². The lowest BCUT2D eigenvalue weighted by Crippen LogP contribution is -2.48. The number of aliphatic carboxylic acids is 1. The van der Waals surface area contributed by atoms with Crippen LogP contribution in [-0.4, -0.2) is 55.1 Å². The average Bonchev–Trinajstić information content (AvgIpc) is 4.10. The van der Waals surface area contributed by atoms with E-state index in [9.17, 15) is 14.4 Å². The molecule has 0 amide bonds. The fourth-order valence-electron chi connectivity index (χ4n) is 21.3. The van der Waals surface area contributed by atoms with Gasteiger partial charge in [0, 0.05) is 13.3 Å². The predicted molar refractivity (Wildman–Crippen MR) is 275 cm³/mol. The summed E-state index contributed by atoms with van der Waals surface area (Å²) in [7, 11) is 1.42. The molecule has 9 nitrogen and oxygen atoms in total. The maximum Gasteiger partial charge on any atom is 0.314 e. The van der Waals surface area contributed by atoms with Crippen molar-refractivity contribution in [3.63, 3.8) is 0 Å². The van der Waals surface area contributed by atoms with E-state index in [-0.39, 0.29) is 80.3 Å². The van der Waals surface area contributed by atoms with Crippen molar-refractivity contribution in [2.75, 3.05) is 13.7 Å². The van der Waals surface area contributed by atoms with Gasteiger partial charge < -0.3 is 24.1 Å². The molecule has 12 aliphatic carbocycles. The Hall–Kier alpha value is -2.16. The first-order chi connectivity index (χ1) is 30.1. The van der Waals surface area contributed by atoms with Crippen molar-refractivity contribution in [2.45, 2.75) is 208 Å². The summed E-state index contributed by atoms with van der Waals surface area (Å²) >= 11 is 0. The summed E-state index contributed by atoms with van der Waals surface area (Å²) in [5.74, 6) is 17.6. The molecule has 0 aromatic carbocycles. The Balaban J connectivity index is 0.000000223. The minimum Gasteiger partial charge on any atom is -0.481 e. The van der Waals surface area contributed by atoms with Crippen LogP contribution in [0.4, 0.5) is 0 Å². The van der Waals surface area contributed by atoms with Crippen LogP contribution in [0.15, 0.2) is 0 Å². The second-order valence-corrected chi connectivity index (χ2v) is 25.7. The van der Waals surface area contributed by atoms with Crippen LogP contribution in [0.25, 0.3) is 0 Å². The molecule has 13 rings (SSSR count). The molecule has 69 heavy (non-hydrogen) atoms.